The lowest BCUT2D eigenvalue weighted by Gasteiger charge is -2.31. The van der Waals surface area contributed by atoms with Crippen molar-refractivity contribution < 1.29 is 17.9 Å². The van der Waals surface area contributed by atoms with E-state index in [0.717, 1.165) is 6.42 Å². The summed E-state index contributed by atoms with van der Waals surface area (Å²) in [6.45, 7) is 3.63. The van der Waals surface area contributed by atoms with Crippen LogP contribution in [0.1, 0.15) is 13.3 Å². The summed E-state index contributed by atoms with van der Waals surface area (Å²) in [4.78, 5) is 0.275. The van der Waals surface area contributed by atoms with E-state index < -0.39 is 10.0 Å². The fourth-order valence-corrected chi connectivity index (χ4v) is 3.70. The van der Waals surface area contributed by atoms with Crippen LogP contribution in [0.4, 0.5) is 0 Å². The van der Waals surface area contributed by atoms with Crippen molar-refractivity contribution in [3.8, 4) is 5.75 Å². The lowest BCUT2D eigenvalue weighted by atomic mass is 10.2. The third kappa shape index (κ3) is 4.10. The van der Waals surface area contributed by atoms with Gasteiger partial charge in [-0.3, -0.25) is 0 Å². The molecule has 1 atom stereocenters. The number of benzene rings is 1. The zero-order valence-corrected chi connectivity index (χ0v) is 13.6. The van der Waals surface area contributed by atoms with Crippen LogP contribution in [0.25, 0.3) is 0 Å². The number of sulfonamides is 1. The monoisotopic (exact) mass is 333 g/mol. The van der Waals surface area contributed by atoms with Crippen LogP contribution in [0.5, 0.6) is 5.75 Å². The highest BCUT2D eigenvalue weighted by Crippen LogP contribution is 2.22. The third-order valence-corrected chi connectivity index (χ3v) is 5.40. The number of morpholine rings is 1. The molecule has 1 fully saturated rings. The fraction of sp³-hybridized carbons (Fsp3) is 0.571. The molecule has 0 aromatic heterocycles. The highest BCUT2D eigenvalue weighted by atomic mass is 35.5. The summed E-state index contributed by atoms with van der Waals surface area (Å²) in [6, 6.07) is 6.43. The maximum atomic E-state index is 12.6. The van der Waals surface area contributed by atoms with Crippen molar-refractivity contribution in [3.63, 3.8) is 0 Å². The molecule has 1 unspecified atom stereocenters. The largest absolute Gasteiger partial charge is 0.492 e. The van der Waals surface area contributed by atoms with Crippen LogP contribution in [-0.4, -0.2) is 51.0 Å². The Hall–Kier alpha value is -0.820. The van der Waals surface area contributed by atoms with E-state index in [1.54, 1.807) is 24.3 Å². The summed E-state index contributed by atoms with van der Waals surface area (Å²) < 4.78 is 37.5. The molecule has 0 spiro atoms. The van der Waals surface area contributed by atoms with Gasteiger partial charge in [0.15, 0.2) is 0 Å². The first-order valence-electron chi connectivity index (χ1n) is 6.98. The normalized spacial score (nSPS) is 20.4. The highest BCUT2D eigenvalue weighted by molar-refractivity contribution is 7.89. The zero-order chi connectivity index (χ0) is 15.3. The number of rotatable bonds is 6. The standard InChI is InChI=1S/C14H20ClNO4S/c1-2-12-11-16(8-10-20-12)21(17,18)14-5-3-13(4-6-14)19-9-7-15/h3-6,12H,2,7-11H2,1H3. The lowest BCUT2D eigenvalue weighted by molar-refractivity contribution is -0.00278. The molecule has 1 aromatic carbocycles. The minimum atomic E-state index is -3.47. The Bertz CT molecular complexity index is 547. The van der Waals surface area contributed by atoms with Gasteiger partial charge in [0.25, 0.3) is 0 Å². The van der Waals surface area contributed by atoms with Crippen LogP contribution in [0, 0.1) is 0 Å². The maximum Gasteiger partial charge on any atom is 0.243 e. The van der Waals surface area contributed by atoms with Crippen molar-refractivity contribution >= 4 is 21.6 Å². The highest BCUT2D eigenvalue weighted by Gasteiger charge is 2.29. The van der Waals surface area contributed by atoms with Crippen LogP contribution >= 0.6 is 11.6 Å². The first-order chi connectivity index (χ1) is 10.1. The number of nitrogens with zero attached hydrogens (tertiary/aromatic N) is 1. The van der Waals surface area contributed by atoms with Crippen molar-refractivity contribution in [2.45, 2.75) is 24.3 Å². The SMILES string of the molecule is CCC1CN(S(=O)(=O)c2ccc(OCCCl)cc2)CCO1. The summed E-state index contributed by atoms with van der Waals surface area (Å²) in [5.74, 6) is 1.01. The molecule has 2 rings (SSSR count). The van der Waals surface area contributed by atoms with E-state index in [9.17, 15) is 8.42 Å². The van der Waals surface area contributed by atoms with Gasteiger partial charge in [-0.25, -0.2) is 8.42 Å². The van der Waals surface area contributed by atoms with Gasteiger partial charge in [0.1, 0.15) is 12.4 Å². The lowest BCUT2D eigenvalue weighted by Crippen LogP contribution is -2.45. The van der Waals surface area contributed by atoms with E-state index >= 15 is 0 Å². The number of alkyl halides is 1. The van der Waals surface area contributed by atoms with Gasteiger partial charge in [-0.1, -0.05) is 6.92 Å². The Morgan fingerprint density at radius 2 is 2.10 bits per heavy atom. The van der Waals surface area contributed by atoms with E-state index in [2.05, 4.69) is 0 Å². The van der Waals surface area contributed by atoms with Crippen molar-refractivity contribution in [2.75, 3.05) is 32.2 Å². The summed E-state index contributed by atoms with van der Waals surface area (Å²) in [5.41, 5.74) is 0. The first kappa shape index (κ1) is 16.5. The molecule has 1 aliphatic rings. The summed E-state index contributed by atoms with van der Waals surface area (Å²) in [7, 11) is -3.47. The van der Waals surface area contributed by atoms with Crippen LogP contribution in [-0.2, 0) is 14.8 Å². The number of ether oxygens (including phenoxy) is 2. The van der Waals surface area contributed by atoms with Crippen molar-refractivity contribution in [1.29, 1.82) is 0 Å². The average Bonchev–Trinajstić information content (AvgIpc) is 2.53. The Morgan fingerprint density at radius 3 is 2.71 bits per heavy atom. The molecule has 0 aliphatic carbocycles. The zero-order valence-electron chi connectivity index (χ0n) is 12.0. The van der Waals surface area contributed by atoms with Crippen molar-refractivity contribution in [2.24, 2.45) is 0 Å². The summed E-state index contributed by atoms with van der Waals surface area (Å²) >= 11 is 5.54. The third-order valence-electron chi connectivity index (χ3n) is 3.36. The quantitative estimate of drug-likeness (QED) is 0.748. The second-order valence-corrected chi connectivity index (χ2v) is 7.09. The molecular formula is C14H20ClNO4S. The van der Waals surface area contributed by atoms with E-state index in [1.807, 2.05) is 6.92 Å². The van der Waals surface area contributed by atoms with Gasteiger partial charge in [-0.15, -0.1) is 11.6 Å². The molecule has 1 saturated heterocycles. The van der Waals surface area contributed by atoms with Gasteiger partial charge in [0, 0.05) is 13.1 Å². The predicted octanol–water partition coefficient (Wildman–Crippen LogP) is 2.10. The van der Waals surface area contributed by atoms with Crippen LogP contribution in [0.2, 0.25) is 0 Å². The first-order valence-corrected chi connectivity index (χ1v) is 8.96. The summed E-state index contributed by atoms with van der Waals surface area (Å²) in [6.07, 6.45) is 0.775. The number of hydrogen-bond donors (Lipinski definition) is 0. The van der Waals surface area contributed by atoms with Crippen molar-refractivity contribution in [1.82, 2.24) is 4.31 Å². The predicted molar refractivity (Wildman–Crippen MR) is 81.4 cm³/mol. The van der Waals surface area contributed by atoms with Gasteiger partial charge < -0.3 is 9.47 Å². The average molecular weight is 334 g/mol. The van der Waals surface area contributed by atoms with Gasteiger partial charge in [-0.2, -0.15) is 4.31 Å². The molecule has 21 heavy (non-hydrogen) atoms. The Labute approximate surface area is 130 Å². The molecule has 1 heterocycles. The molecule has 0 saturated carbocycles. The Kier molecular flexibility index (Phi) is 5.87. The molecule has 1 aromatic rings. The smallest absolute Gasteiger partial charge is 0.243 e. The molecule has 5 nitrogen and oxygen atoms in total. The van der Waals surface area contributed by atoms with E-state index in [0.29, 0.717) is 37.9 Å². The van der Waals surface area contributed by atoms with Crippen molar-refractivity contribution in [3.05, 3.63) is 24.3 Å². The van der Waals surface area contributed by atoms with Crippen LogP contribution in [0.15, 0.2) is 29.2 Å². The Balaban J connectivity index is 2.11. The molecule has 0 N–H and O–H groups in total. The van der Waals surface area contributed by atoms with Gasteiger partial charge in [-0.05, 0) is 30.7 Å². The molecule has 0 bridgehead atoms. The number of halogens is 1. The molecule has 118 valence electrons. The van der Waals surface area contributed by atoms with Crippen LogP contribution in [0.3, 0.4) is 0 Å². The van der Waals surface area contributed by atoms with Gasteiger partial charge >= 0.3 is 0 Å². The molecular weight excluding hydrogens is 314 g/mol. The molecule has 7 heteroatoms. The summed E-state index contributed by atoms with van der Waals surface area (Å²) in [5, 5.41) is 0. The maximum absolute atomic E-state index is 12.6. The van der Waals surface area contributed by atoms with E-state index in [1.165, 1.54) is 4.31 Å². The molecule has 1 aliphatic heterocycles. The molecule has 0 radical (unpaired) electrons. The molecule has 0 amide bonds. The van der Waals surface area contributed by atoms with E-state index in [4.69, 9.17) is 21.1 Å². The number of hydrogen-bond acceptors (Lipinski definition) is 4. The fourth-order valence-electron chi connectivity index (χ4n) is 2.17. The minimum Gasteiger partial charge on any atom is -0.492 e. The topological polar surface area (TPSA) is 55.8 Å². The van der Waals surface area contributed by atoms with Gasteiger partial charge in [0.2, 0.25) is 10.0 Å². The Morgan fingerprint density at radius 1 is 1.38 bits per heavy atom. The minimum absolute atomic E-state index is 0.0279. The second kappa shape index (κ2) is 7.45. The van der Waals surface area contributed by atoms with Crippen LogP contribution < -0.4 is 4.74 Å². The van der Waals surface area contributed by atoms with Gasteiger partial charge in [0.05, 0.1) is 23.5 Å². The second-order valence-electron chi connectivity index (χ2n) is 4.77. The van der Waals surface area contributed by atoms with E-state index in [-0.39, 0.29) is 11.0 Å².